The number of carbonyl (C=O) groups excluding carboxylic acids is 1. The van der Waals surface area contributed by atoms with Crippen molar-refractivity contribution in [1.29, 1.82) is 0 Å². The van der Waals surface area contributed by atoms with Crippen LogP contribution < -0.4 is 10.6 Å². The molecule has 0 aromatic heterocycles. The van der Waals surface area contributed by atoms with Crippen LogP contribution >= 0.6 is 0 Å². The third kappa shape index (κ3) is 5.10. The third-order valence-electron chi connectivity index (χ3n) is 11.6. The zero-order valence-electron chi connectivity index (χ0n) is 23.1. The summed E-state index contributed by atoms with van der Waals surface area (Å²) in [6.07, 6.45) is 14.4. The van der Waals surface area contributed by atoms with Gasteiger partial charge >= 0.3 is 5.97 Å². The number of esters is 1. The fourth-order valence-electron chi connectivity index (χ4n) is 9.70. The van der Waals surface area contributed by atoms with Crippen LogP contribution in [0.5, 0.6) is 0 Å². The minimum absolute atomic E-state index is 0.0391. The van der Waals surface area contributed by atoms with Crippen LogP contribution in [0.2, 0.25) is 0 Å². The molecule has 0 aromatic rings. The van der Waals surface area contributed by atoms with Gasteiger partial charge in [-0.1, -0.05) is 34.6 Å². The van der Waals surface area contributed by atoms with Gasteiger partial charge < -0.3 is 15.4 Å². The predicted molar refractivity (Wildman–Crippen MR) is 141 cm³/mol. The monoisotopic (exact) mass is 474 g/mol. The van der Waals surface area contributed by atoms with Gasteiger partial charge in [-0.25, -0.2) is 0 Å². The fraction of sp³-hybridized carbons (Fsp3) is 0.967. The van der Waals surface area contributed by atoms with Gasteiger partial charge in [0.25, 0.3) is 0 Å². The van der Waals surface area contributed by atoms with Crippen molar-refractivity contribution in [3.05, 3.63) is 0 Å². The van der Waals surface area contributed by atoms with Crippen molar-refractivity contribution in [1.82, 2.24) is 10.6 Å². The van der Waals surface area contributed by atoms with Crippen molar-refractivity contribution in [2.75, 3.05) is 20.2 Å². The molecule has 0 saturated heterocycles. The molecular formula is C30H54N2O2. The first-order valence-electron chi connectivity index (χ1n) is 14.7. The minimum atomic E-state index is -0.0391. The molecule has 2 N–H and O–H groups in total. The Morgan fingerprint density at radius 3 is 2.41 bits per heavy atom. The molecule has 4 aliphatic rings. The third-order valence-corrected chi connectivity index (χ3v) is 11.6. The molecule has 0 spiro atoms. The van der Waals surface area contributed by atoms with Gasteiger partial charge in [0.2, 0.25) is 0 Å². The van der Waals surface area contributed by atoms with E-state index in [0.717, 1.165) is 55.1 Å². The number of nitrogens with one attached hydrogen (secondary N) is 2. The molecule has 9 atom stereocenters. The number of hydrogen-bond donors (Lipinski definition) is 2. The van der Waals surface area contributed by atoms with Gasteiger partial charge in [-0.05, 0) is 111 Å². The highest BCUT2D eigenvalue weighted by Gasteiger charge is 2.60. The Labute approximate surface area is 210 Å². The normalized spacial score (nSPS) is 42.6. The summed E-state index contributed by atoms with van der Waals surface area (Å²) in [5.74, 6) is 5.08. The Morgan fingerprint density at radius 2 is 1.68 bits per heavy atom. The fourth-order valence-corrected chi connectivity index (χ4v) is 9.70. The average molecular weight is 475 g/mol. The average Bonchev–Trinajstić information content (AvgIpc) is 3.17. The van der Waals surface area contributed by atoms with Gasteiger partial charge in [-0.2, -0.15) is 0 Å². The van der Waals surface area contributed by atoms with E-state index in [9.17, 15) is 4.79 Å². The highest BCUT2D eigenvalue weighted by molar-refractivity contribution is 5.69. The van der Waals surface area contributed by atoms with Crippen molar-refractivity contribution < 1.29 is 9.53 Å². The first-order chi connectivity index (χ1) is 16.2. The van der Waals surface area contributed by atoms with Gasteiger partial charge in [0, 0.05) is 31.6 Å². The second-order valence-electron chi connectivity index (χ2n) is 13.5. The van der Waals surface area contributed by atoms with E-state index in [1.165, 1.54) is 64.9 Å². The summed E-state index contributed by atoms with van der Waals surface area (Å²) in [5.41, 5.74) is 1.05. The van der Waals surface area contributed by atoms with E-state index in [2.05, 4.69) is 45.3 Å². The van der Waals surface area contributed by atoms with Gasteiger partial charge in [-0.3, -0.25) is 4.79 Å². The molecule has 4 saturated carbocycles. The molecule has 4 heteroatoms. The highest BCUT2D eigenvalue weighted by atomic mass is 16.5. The largest absolute Gasteiger partial charge is 0.469 e. The summed E-state index contributed by atoms with van der Waals surface area (Å²) in [6.45, 7) is 14.4. The van der Waals surface area contributed by atoms with Crippen molar-refractivity contribution in [3.63, 3.8) is 0 Å². The molecule has 0 amide bonds. The van der Waals surface area contributed by atoms with Crippen LogP contribution in [0.25, 0.3) is 0 Å². The van der Waals surface area contributed by atoms with E-state index in [-0.39, 0.29) is 5.97 Å². The number of carbonyl (C=O) groups is 1. The Morgan fingerprint density at radius 1 is 0.941 bits per heavy atom. The lowest BCUT2D eigenvalue weighted by atomic mass is 9.44. The number of fused-ring (bicyclic) bond motifs is 5. The first kappa shape index (κ1) is 26.5. The number of hydrogen-bond acceptors (Lipinski definition) is 4. The number of methoxy groups -OCH3 is 1. The summed E-state index contributed by atoms with van der Waals surface area (Å²) in [4.78, 5) is 11.7. The van der Waals surface area contributed by atoms with Crippen LogP contribution in [0, 0.1) is 46.3 Å². The Hall–Kier alpha value is -0.610. The molecule has 6 unspecified atom stereocenters. The molecular weight excluding hydrogens is 420 g/mol. The molecule has 4 fully saturated rings. The van der Waals surface area contributed by atoms with Crippen LogP contribution in [0.1, 0.15) is 105 Å². The molecule has 34 heavy (non-hydrogen) atoms. The van der Waals surface area contributed by atoms with E-state index in [0.29, 0.717) is 29.2 Å². The van der Waals surface area contributed by atoms with Crippen LogP contribution in [0.15, 0.2) is 0 Å². The highest BCUT2D eigenvalue weighted by Crippen LogP contribution is 2.68. The summed E-state index contributed by atoms with van der Waals surface area (Å²) < 4.78 is 4.92. The van der Waals surface area contributed by atoms with E-state index < -0.39 is 0 Å². The van der Waals surface area contributed by atoms with Crippen LogP contribution in [0.3, 0.4) is 0 Å². The minimum Gasteiger partial charge on any atom is -0.469 e. The summed E-state index contributed by atoms with van der Waals surface area (Å²) in [5, 5.41) is 7.44. The smallest absolute Gasteiger partial charge is 0.305 e. The Balaban J connectivity index is 1.36. The van der Waals surface area contributed by atoms with Crippen LogP contribution in [-0.2, 0) is 9.53 Å². The molecule has 0 aliphatic heterocycles. The SMILES string of the molecule is COC(=O)CC[C@@H](C)C1CCC2C3CC[C@H]4C[C@H](NCCNC(C)C)CCC4(C)C3CCC21C. The zero-order valence-corrected chi connectivity index (χ0v) is 23.1. The number of ether oxygens (including phenoxy) is 1. The lowest BCUT2D eigenvalue weighted by Crippen LogP contribution is -2.55. The number of rotatable bonds is 9. The summed E-state index contributed by atoms with van der Waals surface area (Å²) in [7, 11) is 1.52. The van der Waals surface area contributed by atoms with E-state index in [1.54, 1.807) is 0 Å². The molecule has 4 rings (SSSR count). The molecule has 4 aliphatic carbocycles. The van der Waals surface area contributed by atoms with Crippen molar-refractivity contribution in [3.8, 4) is 0 Å². The summed E-state index contributed by atoms with van der Waals surface area (Å²) >= 11 is 0. The maximum atomic E-state index is 11.7. The maximum absolute atomic E-state index is 11.7. The predicted octanol–water partition coefficient (Wildman–Crippen LogP) is 6.19. The zero-order chi connectivity index (χ0) is 24.5. The standard InChI is InChI=1S/C30H54N2O2/c1-20(2)31-17-18-32-23-13-15-29(4)22(19-23)8-9-24-26-11-10-25(21(3)7-12-28(33)34-6)30(26,5)16-14-27(24)29/h20-27,31-32H,7-19H2,1-6H3/t21-,22+,23-,24?,25?,26?,27?,29?,30?/m1/s1. The maximum Gasteiger partial charge on any atom is 0.305 e. The molecule has 4 nitrogen and oxygen atoms in total. The Bertz CT molecular complexity index is 695. The van der Waals surface area contributed by atoms with Gasteiger partial charge in [-0.15, -0.1) is 0 Å². The topological polar surface area (TPSA) is 50.4 Å². The van der Waals surface area contributed by atoms with Gasteiger partial charge in [0.1, 0.15) is 0 Å². The molecule has 0 aromatic carbocycles. The first-order valence-corrected chi connectivity index (χ1v) is 14.7. The van der Waals surface area contributed by atoms with E-state index in [1.807, 2.05) is 0 Å². The Kier molecular flexibility index (Phi) is 8.39. The van der Waals surface area contributed by atoms with Crippen molar-refractivity contribution >= 4 is 5.97 Å². The molecule has 0 radical (unpaired) electrons. The lowest BCUT2D eigenvalue weighted by Gasteiger charge is -2.61. The van der Waals surface area contributed by atoms with Crippen molar-refractivity contribution in [2.24, 2.45) is 46.3 Å². The summed E-state index contributed by atoms with van der Waals surface area (Å²) in [6, 6.07) is 1.30. The van der Waals surface area contributed by atoms with Crippen molar-refractivity contribution in [2.45, 2.75) is 117 Å². The molecule has 196 valence electrons. The van der Waals surface area contributed by atoms with E-state index in [4.69, 9.17) is 4.74 Å². The lowest BCUT2D eigenvalue weighted by molar-refractivity contribution is -0.141. The van der Waals surface area contributed by atoms with Crippen LogP contribution in [-0.4, -0.2) is 38.3 Å². The second-order valence-corrected chi connectivity index (χ2v) is 13.5. The van der Waals surface area contributed by atoms with Crippen LogP contribution in [0.4, 0.5) is 0 Å². The van der Waals surface area contributed by atoms with Gasteiger partial charge in [0.05, 0.1) is 7.11 Å². The molecule has 0 bridgehead atoms. The molecule has 0 heterocycles. The van der Waals surface area contributed by atoms with Gasteiger partial charge in [0.15, 0.2) is 0 Å². The second kappa shape index (κ2) is 10.8. The quantitative estimate of drug-likeness (QED) is 0.309. The van der Waals surface area contributed by atoms with E-state index >= 15 is 0 Å².